The molecular weight excluding hydrogens is 1280 g/mol. The molecule has 5 atom stereocenters. The van der Waals surface area contributed by atoms with Crippen LogP contribution in [0.25, 0.3) is 0 Å². The Bertz CT molecular complexity index is 2480. The molecule has 0 spiro atoms. The number of esters is 4. The fourth-order valence-electron chi connectivity index (χ4n) is 8.96. The lowest BCUT2D eigenvalue weighted by Gasteiger charge is -2.21. The summed E-state index contributed by atoms with van der Waals surface area (Å²) in [5.74, 6) is -2.32. The number of hydrogen-bond donors (Lipinski definition) is 3. The van der Waals surface area contributed by atoms with Crippen molar-refractivity contribution in [3.63, 3.8) is 0 Å². The lowest BCUT2D eigenvalue weighted by Crippen LogP contribution is -2.30. The van der Waals surface area contributed by atoms with Crippen LogP contribution in [0, 0.1) is 0 Å². The third kappa shape index (κ3) is 69.2. The largest absolute Gasteiger partial charge is 0.472 e. The molecule has 19 heteroatoms. The average Bonchev–Trinajstić information content (AvgIpc) is 1.04. The summed E-state index contributed by atoms with van der Waals surface area (Å²) in [4.78, 5) is 72.7. The number of allylic oxidation sites excluding steroid dienone is 26. The monoisotopic (exact) mass is 1410 g/mol. The fraction of sp³-hybridized carbons (Fsp3) is 0.620. The molecule has 0 aliphatic rings. The minimum absolute atomic E-state index is 0.0274. The van der Waals surface area contributed by atoms with Gasteiger partial charge in [0.1, 0.15) is 19.3 Å². The first kappa shape index (κ1) is 92.7. The summed E-state index contributed by atoms with van der Waals surface area (Å²) in [6.07, 6.45) is 79.7. The van der Waals surface area contributed by atoms with Crippen LogP contribution in [0.2, 0.25) is 0 Å². The molecule has 0 bridgehead atoms. The highest BCUT2D eigenvalue weighted by Crippen LogP contribution is 2.45. The van der Waals surface area contributed by atoms with E-state index in [9.17, 15) is 43.2 Å². The molecule has 5 unspecified atom stereocenters. The number of aliphatic hydroxyl groups is 1. The maximum absolute atomic E-state index is 13.1. The summed E-state index contributed by atoms with van der Waals surface area (Å²) in [5, 5.41) is 10.6. The van der Waals surface area contributed by atoms with Crippen molar-refractivity contribution in [1.82, 2.24) is 0 Å². The smallest absolute Gasteiger partial charge is 0.462 e. The summed E-state index contributed by atoms with van der Waals surface area (Å²) in [6, 6.07) is 0. The number of aliphatic hydroxyl groups excluding tert-OH is 1. The van der Waals surface area contributed by atoms with Gasteiger partial charge in [-0.3, -0.25) is 37.3 Å². The summed E-state index contributed by atoms with van der Waals surface area (Å²) in [5.41, 5.74) is 0. The van der Waals surface area contributed by atoms with Crippen LogP contribution in [-0.4, -0.2) is 96.7 Å². The molecule has 0 rings (SSSR count). The van der Waals surface area contributed by atoms with Crippen LogP contribution >= 0.6 is 15.6 Å². The number of carbonyl (C=O) groups is 4. The van der Waals surface area contributed by atoms with Crippen LogP contribution < -0.4 is 0 Å². The molecule has 0 amide bonds. The molecule has 0 radical (unpaired) electrons. The first-order valence-corrected chi connectivity index (χ1v) is 39.7. The zero-order valence-corrected chi connectivity index (χ0v) is 62.2. The van der Waals surface area contributed by atoms with Gasteiger partial charge in [-0.05, 0) is 161 Å². The third-order valence-corrected chi connectivity index (χ3v) is 16.4. The van der Waals surface area contributed by atoms with Crippen LogP contribution in [-0.2, 0) is 65.4 Å². The van der Waals surface area contributed by atoms with Gasteiger partial charge in [-0.25, -0.2) is 9.13 Å². The predicted octanol–water partition coefficient (Wildman–Crippen LogP) is 20.9. The Labute approximate surface area is 591 Å². The average molecular weight is 1410 g/mol. The maximum atomic E-state index is 13.1. The van der Waals surface area contributed by atoms with Gasteiger partial charge in [0.2, 0.25) is 0 Å². The molecule has 0 heterocycles. The van der Waals surface area contributed by atoms with Crippen molar-refractivity contribution in [2.24, 2.45) is 0 Å². The van der Waals surface area contributed by atoms with E-state index in [-0.39, 0.29) is 25.7 Å². The Morgan fingerprint density at radius 1 is 0.296 bits per heavy atom. The molecule has 98 heavy (non-hydrogen) atoms. The van der Waals surface area contributed by atoms with E-state index in [1.165, 1.54) is 0 Å². The molecule has 0 aliphatic heterocycles. The maximum Gasteiger partial charge on any atom is 0.472 e. The Hall–Kier alpha value is -5.32. The van der Waals surface area contributed by atoms with Gasteiger partial charge in [-0.1, -0.05) is 231 Å². The van der Waals surface area contributed by atoms with Crippen molar-refractivity contribution in [3.8, 4) is 0 Å². The molecule has 0 aromatic carbocycles. The highest BCUT2D eigenvalue weighted by atomic mass is 31.2. The van der Waals surface area contributed by atoms with Crippen molar-refractivity contribution in [1.29, 1.82) is 0 Å². The topological polar surface area (TPSA) is 237 Å². The number of phosphoric ester groups is 2. The molecule has 0 saturated carbocycles. The van der Waals surface area contributed by atoms with Crippen LogP contribution in [0.5, 0.6) is 0 Å². The van der Waals surface area contributed by atoms with E-state index < -0.39 is 97.5 Å². The van der Waals surface area contributed by atoms with Crippen LogP contribution in [0.1, 0.15) is 259 Å². The molecule has 3 N–H and O–H groups in total. The van der Waals surface area contributed by atoms with Gasteiger partial charge in [0, 0.05) is 25.7 Å². The summed E-state index contributed by atoms with van der Waals surface area (Å²) >= 11 is 0. The quantitative estimate of drug-likeness (QED) is 0.0169. The van der Waals surface area contributed by atoms with E-state index in [0.717, 1.165) is 173 Å². The van der Waals surface area contributed by atoms with Crippen LogP contribution in [0.4, 0.5) is 0 Å². The van der Waals surface area contributed by atoms with E-state index in [2.05, 4.69) is 186 Å². The van der Waals surface area contributed by atoms with Crippen molar-refractivity contribution in [3.05, 3.63) is 158 Å². The lowest BCUT2D eigenvalue weighted by atomic mass is 10.1. The van der Waals surface area contributed by atoms with E-state index in [1.807, 2.05) is 0 Å². The second-order valence-corrected chi connectivity index (χ2v) is 26.6. The Balaban J connectivity index is 5.46. The van der Waals surface area contributed by atoms with Crippen molar-refractivity contribution in [2.75, 3.05) is 39.6 Å². The highest BCUT2D eigenvalue weighted by molar-refractivity contribution is 7.47. The highest BCUT2D eigenvalue weighted by Gasteiger charge is 2.30. The minimum atomic E-state index is -5.00. The van der Waals surface area contributed by atoms with Gasteiger partial charge >= 0.3 is 39.5 Å². The first-order chi connectivity index (χ1) is 47.7. The number of ether oxygens (including phenoxy) is 4. The second-order valence-electron chi connectivity index (χ2n) is 23.7. The number of unbranched alkanes of at least 4 members (excludes halogenated alkanes) is 15. The number of hydrogen-bond acceptors (Lipinski definition) is 15. The molecular formula is C79H128O17P2. The minimum Gasteiger partial charge on any atom is -0.462 e. The van der Waals surface area contributed by atoms with Crippen molar-refractivity contribution < 1.29 is 80.2 Å². The Morgan fingerprint density at radius 2 is 0.531 bits per heavy atom. The van der Waals surface area contributed by atoms with E-state index >= 15 is 0 Å². The van der Waals surface area contributed by atoms with Gasteiger partial charge in [-0.15, -0.1) is 0 Å². The number of phosphoric acid groups is 2. The van der Waals surface area contributed by atoms with Crippen LogP contribution in [0.3, 0.4) is 0 Å². The summed E-state index contributed by atoms with van der Waals surface area (Å²) in [7, 11) is -9.99. The Morgan fingerprint density at radius 3 is 0.837 bits per heavy atom. The van der Waals surface area contributed by atoms with E-state index in [4.69, 9.17) is 37.0 Å². The Kier molecular flexibility index (Phi) is 66.3. The summed E-state index contributed by atoms with van der Waals surface area (Å²) in [6.45, 7) is 4.29. The normalized spacial score (nSPS) is 14.9. The fourth-order valence-corrected chi connectivity index (χ4v) is 10.5. The molecule has 0 aromatic heterocycles. The molecule has 0 aliphatic carbocycles. The van der Waals surface area contributed by atoms with Crippen molar-refractivity contribution in [2.45, 2.75) is 277 Å². The van der Waals surface area contributed by atoms with Gasteiger partial charge in [0.05, 0.1) is 26.4 Å². The molecule has 0 aromatic rings. The predicted molar refractivity (Wildman–Crippen MR) is 399 cm³/mol. The molecule has 556 valence electrons. The summed E-state index contributed by atoms with van der Waals surface area (Å²) < 4.78 is 68.3. The zero-order valence-electron chi connectivity index (χ0n) is 60.4. The SMILES string of the molecule is CC/C=C\C/C=C\C/C=C\C/C=C\CCCCC(=O)OCC(COP(=O)(O)OCC(O)COP(=O)(O)OCC(COC(=O)CCCCCCC/C=C\C/C=C\C/C=C\CC)OC(=O)CCCCCCC/C=C\C/C=C\CCC)OC(=O)CCCC/C=C\C/C=C\C/C=C\C/C=C\CC. The molecule has 17 nitrogen and oxygen atoms in total. The van der Waals surface area contributed by atoms with Crippen molar-refractivity contribution >= 4 is 39.5 Å². The van der Waals surface area contributed by atoms with E-state index in [1.54, 1.807) is 0 Å². The zero-order chi connectivity index (χ0) is 71.8. The third-order valence-electron chi connectivity index (χ3n) is 14.4. The molecule has 0 saturated heterocycles. The number of rotatable bonds is 67. The van der Waals surface area contributed by atoms with Crippen LogP contribution in [0.15, 0.2) is 158 Å². The van der Waals surface area contributed by atoms with Gasteiger partial charge in [0.15, 0.2) is 12.2 Å². The van der Waals surface area contributed by atoms with Gasteiger partial charge < -0.3 is 33.8 Å². The standard InChI is InChI=1S/C79H128O17P2/c1-5-9-13-17-21-25-29-33-36-40-43-47-51-55-59-63-76(81)89-69-74(95-78(83)65-61-57-53-49-45-39-32-28-24-20-16-12-8-4)71-93-97(85,86)91-67-73(80)68-92-98(87,88)94-72-75(96-79(84)66-62-58-54-50-46-42-38-35-31-27-23-19-15-11-7-3)70-90-77(82)64-60-56-52-48-44-41-37-34-30-26-22-18-14-10-6-2/h9-11,13-16,20-23,25-28,32-38,44,46,48,50,73-75,80H,5-8,12,17-19,24,29-31,39-43,45,47,49,51-72H2,1-4H3,(H,85,86)(H,87,88)/b13-9-,14-10-,15-11-,20-16-,25-21-,26-22-,27-23-,32-28-,36-33-,37-34-,38-35-,48-44-,50-46-. The number of carbonyl (C=O) groups excluding carboxylic acids is 4. The van der Waals surface area contributed by atoms with E-state index in [0.29, 0.717) is 32.1 Å². The molecule has 0 fully saturated rings. The van der Waals surface area contributed by atoms with Gasteiger partial charge in [-0.2, -0.15) is 0 Å². The lowest BCUT2D eigenvalue weighted by molar-refractivity contribution is -0.161. The van der Waals surface area contributed by atoms with Gasteiger partial charge in [0.25, 0.3) is 0 Å². The first-order valence-electron chi connectivity index (χ1n) is 36.7. The second kappa shape index (κ2) is 70.1.